The van der Waals surface area contributed by atoms with Crippen LogP contribution in [0.1, 0.15) is 16.1 Å². The summed E-state index contributed by atoms with van der Waals surface area (Å²) >= 11 is 6.06. The van der Waals surface area contributed by atoms with Crippen LogP contribution < -0.4 is 10.1 Å². The predicted octanol–water partition coefficient (Wildman–Crippen LogP) is 4.56. The fourth-order valence-corrected chi connectivity index (χ4v) is 2.32. The molecule has 0 aliphatic carbocycles. The van der Waals surface area contributed by atoms with Crippen LogP contribution in [-0.2, 0) is 0 Å². The molecule has 3 aromatic rings. The Bertz CT molecular complexity index is 872. The number of ether oxygens (including phenoxy) is 1. The van der Waals surface area contributed by atoms with Crippen molar-refractivity contribution in [1.82, 2.24) is 5.16 Å². The van der Waals surface area contributed by atoms with E-state index >= 15 is 0 Å². The van der Waals surface area contributed by atoms with Crippen molar-refractivity contribution >= 4 is 23.2 Å². The highest BCUT2D eigenvalue weighted by atomic mass is 35.5. The van der Waals surface area contributed by atoms with Gasteiger partial charge in [0.25, 0.3) is 5.91 Å². The number of aromatic nitrogens is 1. The molecule has 0 spiro atoms. The lowest BCUT2D eigenvalue weighted by Gasteiger charge is -2.04. The molecule has 0 radical (unpaired) electrons. The first-order valence-corrected chi connectivity index (χ1v) is 7.63. The van der Waals surface area contributed by atoms with Gasteiger partial charge in [0.15, 0.2) is 11.5 Å². The third-order valence-corrected chi connectivity index (χ3v) is 3.95. The molecular formula is C18H15ClN2O3. The minimum absolute atomic E-state index is 0.192. The number of nitrogens with one attached hydrogen (secondary N) is 1. The average molecular weight is 343 g/mol. The van der Waals surface area contributed by atoms with Crippen LogP contribution in [0, 0.1) is 6.92 Å². The van der Waals surface area contributed by atoms with E-state index in [1.807, 2.05) is 37.3 Å². The van der Waals surface area contributed by atoms with E-state index in [0.29, 0.717) is 16.5 Å². The van der Waals surface area contributed by atoms with Crippen LogP contribution in [0.25, 0.3) is 11.3 Å². The van der Waals surface area contributed by atoms with E-state index in [1.165, 1.54) is 0 Å². The fourth-order valence-electron chi connectivity index (χ4n) is 2.14. The second-order valence-corrected chi connectivity index (χ2v) is 5.63. The molecule has 0 unspecified atom stereocenters. The third kappa shape index (κ3) is 3.41. The molecule has 1 N–H and O–H groups in total. The van der Waals surface area contributed by atoms with Crippen LogP contribution >= 0.6 is 11.6 Å². The van der Waals surface area contributed by atoms with Crippen molar-refractivity contribution in [3.8, 4) is 17.1 Å². The van der Waals surface area contributed by atoms with Crippen molar-refractivity contribution in [2.45, 2.75) is 6.92 Å². The highest BCUT2D eigenvalue weighted by Crippen LogP contribution is 2.24. The largest absolute Gasteiger partial charge is 0.497 e. The molecule has 0 aliphatic heterocycles. The first-order valence-electron chi connectivity index (χ1n) is 7.25. The Kier molecular flexibility index (Phi) is 4.53. The molecule has 6 heteroatoms. The van der Waals surface area contributed by atoms with E-state index in [1.54, 1.807) is 25.3 Å². The number of hydrogen-bond donors (Lipinski definition) is 1. The van der Waals surface area contributed by atoms with Gasteiger partial charge in [-0.05, 0) is 48.9 Å². The van der Waals surface area contributed by atoms with E-state index in [0.717, 1.165) is 16.9 Å². The van der Waals surface area contributed by atoms with Crippen LogP contribution in [0.3, 0.4) is 0 Å². The van der Waals surface area contributed by atoms with E-state index < -0.39 is 0 Å². The van der Waals surface area contributed by atoms with Crippen molar-refractivity contribution in [2.24, 2.45) is 0 Å². The number of nitrogens with zero attached hydrogens (tertiary/aromatic N) is 1. The van der Waals surface area contributed by atoms with Crippen LogP contribution in [0.4, 0.5) is 5.69 Å². The number of halogens is 1. The standard InChI is InChI=1S/C18H15ClN2O3/c1-11-3-6-13(9-15(11)19)20-18(22)16-10-17(24-21-16)12-4-7-14(23-2)8-5-12/h3-10H,1-2H3,(H,20,22). The molecule has 1 amide bonds. The van der Waals surface area contributed by atoms with Crippen LogP contribution in [-0.4, -0.2) is 18.2 Å². The van der Waals surface area contributed by atoms with Gasteiger partial charge in [-0.25, -0.2) is 0 Å². The zero-order chi connectivity index (χ0) is 17.1. The van der Waals surface area contributed by atoms with Crippen LogP contribution in [0.15, 0.2) is 53.1 Å². The topological polar surface area (TPSA) is 64.4 Å². The number of methoxy groups -OCH3 is 1. The first kappa shape index (κ1) is 16.1. The highest BCUT2D eigenvalue weighted by molar-refractivity contribution is 6.31. The number of anilines is 1. The summed E-state index contributed by atoms with van der Waals surface area (Å²) in [5, 5.41) is 7.15. The molecule has 1 heterocycles. The second-order valence-electron chi connectivity index (χ2n) is 5.22. The zero-order valence-electron chi connectivity index (χ0n) is 13.2. The zero-order valence-corrected chi connectivity index (χ0v) is 13.9. The minimum Gasteiger partial charge on any atom is -0.497 e. The van der Waals surface area contributed by atoms with Crippen molar-refractivity contribution in [2.75, 3.05) is 12.4 Å². The van der Waals surface area contributed by atoms with Crippen LogP contribution in [0.2, 0.25) is 5.02 Å². The summed E-state index contributed by atoms with van der Waals surface area (Å²) in [6, 6.07) is 14.2. The van der Waals surface area contributed by atoms with Crippen molar-refractivity contribution < 1.29 is 14.1 Å². The maximum Gasteiger partial charge on any atom is 0.277 e. The van der Waals surface area contributed by atoms with Gasteiger partial charge < -0.3 is 14.6 Å². The molecule has 0 saturated heterocycles. The Morgan fingerprint density at radius 3 is 2.58 bits per heavy atom. The summed E-state index contributed by atoms with van der Waals surface area (Å²) in [5.74, 6) is 0.885. The Labute approximate surface area is 144 Å². The van der Waals surface area contributed by atoms with Gasteiger partial charge in [-0.1, -0.05) is 22.8 Å². The van der Waals surface area contributed by atoms with Gasteiger partial charge in [-0.2, -0.15) is 0 Å². The molecule has 1 aromatic heterocycles. The fraction of sp³-hybridized carbons (Fsp3) is 0.111. The Morgan fingerprint density at radius 2 is 1.92 bits per heavy atom. The van der Waals surface area contributed by atoms with Gasteiger partial charge >= 0.3 is 0 Å². The van der Waals surface area contributed by atoms with Gasteiger partial charge in [-0.3, -0.25) is 4.79 Å². The summed E-state index contributed by atoms with van der Waals surface area (Å²) in [5.41, 5.74) is 2.54. The number of amides is 1. The number of carbonyl (C=O) groups excluding carboxylic acids is 1. The Balaban J connectivity index is 1.76. The molecule has 0 atom stereocenters. The highest BCUT2D eigenvalue weighted by Gasteiger charge is 2.14. The molecule has 0 saturated carbocycles. The quantitative estimate of drug-likeness (QED) is 0.754. The number of rotatable bonds is 4. The molecule has 122 valence electrons. The summed E-state index contributed by atoms with van der Waals surface area (Å²) in [6.45, 7) is 1.90. The van der Waals surface area contributed by atoms with Gasteiger partial charge in [0, 0.05) is 22.3 Å². The lowest BCUT2D eigenvalue weighted by Crippen LogP contribution is -2.12. The maximum absolute atomic E-state index is 12.3. The van der Waals surface area contributed by atoms with Crippen molar-refractivity contribution in [1.29, 1.82) is 0 Å². The molecule has 2 aromatic carbocycles. The van der Waals surface area contributed by atoms with E-state index in [2.05, 4.69) is 10.5 Å². The third-order valence-electron chi connectivity index (χ3n) is 3.55. The molecule has 24 heavy (non-hydrogen) atoms. The predicted molar refractivity (Wildman–Crippen MR) is 92.6 cm³/mol. The summed E-state index contributed by atoms with van der Waals surface area (Å²) < 4.78 is 10.4. The number of benzene rings is 2. The molecule has 0 aliphatic rings. The molecule has 0 fully saturated rings. The van der Waals surface area contributed by atoms with Crippen molar-refractivity contribution in [3.05, 3.63) is 64.8 Å². The van der Waals surface area contributed by atoms with E-state index in [9.17, 15) is 4.79 Å². The van der Waals surface area contributed by atoms with E-state index in [4.69, 9.17) is 20.9 Å². The smallest absolute Gasteiger partial charge is 0.277 e. The van der Waals surface area contributed by atoms with Crippen LogP contribution in [0.5, 0.6) is 5.75 Å². The Morgan fingerprint density at radius 1 is 1.17 bits per heavy atom. The molecular weight excluding hydrogens is 328 g/mol. The Hall–Kier alpha value is -2.79. The monoisotopic (exact) mass is 342 g/mol. The molecule has 3 rings (SSSR count). The summed E-state index contributed by atoms with van der Waals surface area (Å²) in [6.07, 6.45) is 0. The molecule has 0 bridgehead atoms. The SMILES string of the molecule is COc1ccc(-c2cc(C(=O)Nc3ccc(C)c(Cl)c3)no2)cc1. The minimum atomic E-state index is -0.363. The maximum atomic E-state index is 12.3. The van der Waals surface area contributed by atoms with E-state index in [-0.39, 0.29) is 11.6 Å². The summed E-state index contributed by atoms with van der Waals surface area (Å²) in [7, 11) is 1.60. The van der Waals surface area contributed by atoms with Gasteiger partial charge in [0.2, 0.25) is 0 Å². The average Bonchev–Trinajstić information content (AvgIpc) is 3.08. The lowest BCUT2D eigenvalue weighted by atomic mass is 10.1. The number of hydrogen-bond acceptors (Lipinski definition) is 4. The number of aryl methyl sites for hydroxylation is 1. The lowest BCUT2D eigenvalue weighted by molar-refractivity contribution is 0.101. The molecule has 5 nitrogen and oxygen atoms in total. The van der Waals surface area contributed by atoms with Gasteiger partial charge in [0.1, 0.15) is 5.75 Å². The van der Waals surface area contributed by atoms with Gasteiger partial charge in [0.05, 0.1) is 7.11 Å². The normalized spacial score (nSPS) is 10.5. The first-order chi connectivity index (χ1) is 11.6. The van der Waals surface area contributed by atoms with Gasteiger partial charge in [-0.15, -0.1) is 0 Å². The number of carbonyl (C=O) groups is 1. The summed E-state index contributed by atoms with van der Waals surface area (Å²) in [4.78, 5) is 12.3. The second kappa shape index (κ2) is 6.76. The van der Waals surface area contributed by atoms with Crippen molar-refractivity contribution in [3.63, 3.8) is 0 Å².